The molecule has 4 heteroatoms. The third-order valence-corrected chi connectivity index (χ3v) is 3.47. The number of pyridine rings is 1. The van der Waals surface area contributed by atoms with Gasteiger partial charge in [0.1, 0.15) is 11.6 Å². The van der Waals surface area contributed by atoms with E-state index in [1.54, 1.807) is 24.3 Å². The lowest BCUT2D eigenvalue weighted by Crippen LogP contribution is -2.19. The largest absolute Gasteiger partial charge is 0.495 e. The number of aromatic nitrogens is 1. The van der Waals surface area contributed by atoms with Crippen LogP contribution < -0.4 is 10.3 Å². The number of halogens is 1. The fourth-order valence-corrected chi connectivity index (χ4v) is 2.41. The van der Waals surface area contributed by atoms with Gasteiger partial charge in [0.05, 0.1) is 24.4 Å². The number of fused-ring (bicyclic) bond motifs is 1. The van der Waals surface area contributed by atoms with Gasteiger partial charge in [0.15, 0.2) is 0 Å². The predicted molar refractivity (Wildman–Crippen MR) is 80.8 cm³/mol. The van der Waals surface area contributed by atoms with Crippen LogP contribution in [0.15, 0.2) is 53.5 Å². The summed E-state index contributed by atoms with van der Waals surface area (Å²) in [4.78, 5) is 12.6. The average molecular weight is 283 g/mol. The number of methoxy groups -OCH3 is 1. The Labute approximate surface area is 121 Å². The highest BCUT2D eigenvalue weighted by Crippen LogP contribution is 2.25. The van der Waals surface area contributed by atoms with Crippen molar-refractivity contribution >= 4 is 10.8 Å². The Bertz CT molecular complexity index is 884. The Morgan fingerprint density at radius 3 is 2.57 bits per heavy atom. The minimum Gasteiger partial charge on any atom is -0.495 e. The van der Waals surface area contributed by atoms with Gasteiger partial charge in [0, 0.05) is 5.39 Å². The summed E-state index contributed by atoms with van der Waals surface area (Å²) in [6.07, 6.45) is 1.53. The monoisotopic (exact) mass is 283 g/mol. The molecule has 2 aromatic carbocycles. The number of nitrogens with zero attached hydrogens (tertiary/aromatic N) is 1. The molecule has 0 amide bonds. The first-order valence-corrected chi connectivity index (χ1v) is 6.56. The fourth-order valence-electron chi connectivity index (χ4n) is 2.41. The third-order valence-electron chi connectivity index (χ3n) is 3.47. The van der Waals surface area contributed by atoms with E-state index in [-0.39, 0.29) is 11.2 Å². The van der Waals surface area contributed by atoms with E-state index in [4.69, 9.17) is 4.74 Å². The van der Waals surface area contributed by atoms with Crippen LogP contribution in [0.1, 0.15) is 5.56 Å². The number of ether oxygens (including phenoxy) is 1. The Hall–Kier alpha value is -2.62. The average Bonchev–Trinajstić information content (AvgIpc) is 2.49. The summed E-state index contributed by atoms with van der Waals surface area (Å²) < 4.78 is 20.6. The van der Waals surface area contributed by atoms with Crippen molar-refractivity contribution in [2.24, 2.45) is 0 Å². The van der Waals surface area contributed by atoms with E-state index in [1.807, 2.05) is 19.1 Å². The maximum absolute atomic E-state index is 14.0. The van der Waals surface area contributed by atoms with E-state index in [9.17, 15) is 9.18 Å². The molecular weight excluding hydrogens is 269 g/mol. The van der Waals surface area contributed by atoms with E-state index in [0.717, 1.165) is 10.9 Å². The molecule has 0 atom stereocenters. The zero-order valence-electron chi connectivity index (χ0n) is 11.8. The molecule has 0 spiro atoms. The normalized spacial score (nSPS) is 10.8. The minimum absolute atomic E-state index is 0.212. The van der Waals surface area contributed by atoms with Gasteiger partial charge in [0.2, 0.25) is 0 Å². The molecule has 0 aliphatic carbocycles. The van der Waals surface area contributed by atoms with Gasteiger partial charge in [-0.1, -0.05) is 29.8 Å². The lowest BCUT2D eigenvalue weighted by atomic mass is 10.1. The molecule has 1 heterocycles. The summed E-state index contributed by atoms with van der Waals surface area (Å²) >= 11 is 0. The molecule has 106 valence electrons. The zero-order chi connectivity index (χ0) is 15.0. The third kappa shape index (κ3) is 2.18. The van der Waals surface area contributed by atoms with Crippen LogP contribution in [0.4, 0.5) is 4.39 Å². The number of rotatable bonds is 2. The minimum atomic E-state index is -0.450. The Morgan fingerprint density at radius 1 is 1.10 bits per heavy atom. The number of hydrogen-bond acceptors (Lipinski definition) is 2. The van der Waals surface area contributed by atoms with Crippen molar-refractivity contribution in [3.8, 4) is 11.4 Å². The molecule has 1 aromatic heterocycles. The van der Waals surface area contributed by atoms with E-state index in [2.05, 4.69) is 0 Å². The van der Waals surface area contributed by atoms with Gasteiger partial charge in [-0.15, -0.1) is 0 Å². The van der Waals surface area contributed by atoms with Crippen LogP contribution >= 0.6 is 0 Å². The number of para-hydroxylation sites is 1. The van der Waals surface area contributed by atoms with Gasteiger partial charge in [-0.3, -0.25) is 9.36 Å². The Kier molecular flexibility index (Phi) is 3.22. The highest BCUT2D eigenvalue weighted by molar-refractivity contribution is 5.88. The molecule has 0 radical (unpaired) electrons. The van der Waals surface area contributed by atoms with E-state index in [1.165, 1.54) is 23.9 Å². The maximum Gasteiger partial charge on any atom is 0.263 e. The first-order chi connectivity index (χ1) is 10.1. The first-order valence-electron chi connectivity index (χ1n) is 6.56. The molecule has 0 unspecified atom stereocenters. The summed E-state index contributed by atoms with van der Waals surface area (Å²) in [6, 6.07) is 11.7. The molecule has 0 aliphatic heterocycles. The number of aryl methyl sites for hydroxylation is 1. The lowest BCUT2D eigenvalue weighted by Gasteiger charge is -2.12. The van der Waals surface area contributed by atoms with Crippen molar-refractivity contribution in [2.75, 3.05) is 7.11 Å². The van der Waals surface area contributed by atoms with Crippen LogP contribution in [-0.4, -0.2) is 11.7 Å². The summed E-state index contributed by atoms with van der Waals surface area (Å²) in [5, 5.41) is 1.23. The summed E-state index contributed by atoms with van der Waals surface area (Å²) in [5.74, 6) is 0.0847. The van der Waals surface area contributed by atoms with Crippen molar-refractivity contribution in [1.29, 1.82) is 0 Å². The molecule has 21 heavy (non-hydrogen) atoms. The number of benzene rings is 2. The van der Waals surface area contributed by atoms with Gasteiger partial charge < -0.3 is 4.74 Å². The molecule has 0 bridgehead atoms. The van der Waals surface area contributed by atoms with Crippen molar-refractivity contribution in [3.05, 3.63) is 70.4 Å². The van der Waals surface area contributed by atoms with E-state index in [0.29, 0.717) is 11.1 Å². The molecule has 0 aliphatic rings. The zero-order valence-corrected chi connectivity index (χ0v) is 11.8. The van der Waals surface area contributed by atoms with Gasteiger partial charge >= 0.3 is 0 Å². The SMILES string of the molecule is COc1cn(-c2ccccc2F)c(=O)c2cc(C)ccc12. The fraction of sp³-hybridized carbons (Fsp3) is 0.118. The van der Waals surface area contributed by atoms with Crippen molar-refractivity contribution in [1.82, 2.24) is 4.57 Å². The molecule has 0 N–H and O–H groups in total. The highest BCUT2D eigenvalue weighted by atomic mass is 19.1. The van der Waals surface area contributed by atoms with Crippen molar-refractivity contribution in [3.63, 3.8) is 0 Å². The smallest absolute Gasteiger partial charge is 0.263 e. The van der Waals surface area contributed by atoms with Gasteiger partial charge in [-0.05, 0) is 25.1 Å². The molecule has 3 rings (SSSR count). The maximum atomic E-state index is 14.0. The second-order valence-corrected chi connectivity index (χ2v) is 4.87. The van der Waals surface area contributed by atoms with Crippen LogP contribution in [0.3, 0.4) is 0 Å². The van der Waals surface area contributed by atoms with Gasteiger partial charge in [0.25, 0.3) is 5.56 Å². The summed E-state index contributed by atoms with van der Waals surface area (Å²) in [5.41, 5.74) is 0.914. The molecule has 3 aromatic rings. The molecule has 0 saturated heterocycles. The molecular formula is C17H14FNO2. The van der Waals surface area contributed by atoms with Crippen LogP contribution in [0.25, 0.3) is 16.5 Å². The Morgan fingerprint density at radius 2 is 1.86 bits per heavy atom. The second kappa shape index (κ2) is 5.05. The standard InChI is InChI=1S/C17H14FNO2/c1-11-7-8-12-13(9-11)17(20)19(10-16(12)21-2)15-6-4-3-5-14(15)18/h3-10H,1-2H3. The molecule has 3 nitrogen and oxygen atoms in total. The second-order valence-electron chi connectivity index (χ2n) is 4.87. The molecule has 0 saturated carbocycles. The predicted octanol–water partition coefficient (Wildman–Crippen LogP) is 3.45. The molecule has 0 fully saturated rings. The van der Waals surface area contributed by atoms with Crippen molar-refractivity contribution in [2.45, 2.75) is 6.92 Å². The Balaban J connectivity index is 2.42. The summed E-state index contributed by atoms with van der Waals surface area (Å²) in [7, 11) is 1.53. The van der Waals surface area contributed by atoms with E-state index < -0.39 is 5.82 Å². The van der Waals surface area contributed by atoms with Crippen molar-refractivity contribution < 1.29 is 9.13 Å². The lowest BCUT2D eigenvalue weighted by molar-refractivity contribution is 0.416. The van der Waals surface area contributed by atoms with Crippen LogP contribution in [0.5, 0.6) is 5.75 Å². The van der Waals surface area contributed by atoms with Crippen LogP contribution in [0, 0.1) is 12.7 Å². The quantitative estimate of drug-likeness (QED) is 0.721. The topological polar surface area (TPSA) is 31.2 Å². The first kappa shape index (κ1) is 13.4. The highest BCUT2D eigenvalue weighted by Gasteiger charge is 2.12. The van der Waals surface area contributed by atoms with Gasteiger partial charge in [-0.2, -0.15) is 0 Å². The summed E-state index contributed by atoms with van der Waals surface area (Å²) in [6.45, 7) is 1.91. The van der Waals surface area contributed by atoms with Gasteiger partial charge in [-0.25, -0.2) is 4.39 Å². The van der Waals surface area contributed by atoms with E-state index >= 15 is 0 Å². The van der Waals surface area contributed by atoms with Crippen LogP contribution in [-0.2, 0) is 0 Å². The number of hydrogen-bond donors (Lipinski definition) is 0. The van der Waals surface area contributed by atoms with Crippen LogP contribution in [0.2, 0.25) is 0 Å².